The summed E-state index contributed by atoms with van der Waals surface area (Å²) in [5.41, 5.74) is 1.72. The van der Waals surface area contributed by atoms with Gasteiger partial charge in [-0.25, -0.2) is 0 Å². The number of carbonyl (C=O) groups is 3. The van der Waals surface area contributed by atoms with Crippen molar-refractivity contribution in [3.63, 3.8) is 0 Å². The Morgan fingerprint density at radius 2 is 1.94 bits per heavy atom. The van der Waals surface area contributed by atoms with Crippen molar-refractivity contribution in [2.75, 3.05) is 19.0 Å². The minimum absolute atomic E-state index is 0.0946. The first kappa shape index (κ1) is 24.2. The zero-order valence-electron chi connectivity index (χ0n) is 18.9. The van der Waals surface area contributed by atoms with E-state index in [0.29, 0.717) is 33.9 Å². The fourth-order valence-corrected chi connectivity index (χ4v) is 4.27. The van der Waals surface area contributed by atoms with E-state index in [1.807, 2.05) is 6.07 Å². The van der Waals surface area contributed by atoms with Gasteiger partial charge in [-0.1, -0.05) is 37.2 Å². The summed E-state index contributed by atoms with van der Waals surface area (Å²) in [5.74, 6) is -0.477. The molecular weight excluding hydrogens is 442 g/mol. The van der Waals surface area contributed by atoms with E-state index in [1.165, 1.54) is 25.4 Å². The number of anilines is 1. The lowest BCUT2D eigenvalue weighted by molar-refractivity contribution is -0.141. The summed E-state index contributed by atoms with van der Waals surface area (Å²) in [6.07, 6.45) is 3.15. The smallest absolute Gasteiger partial charge is 0.325 e. The van der Waals surface area contributed by atoms with E-state index in [9.17, 15) is 14.4 Å². The van der Waals surface area contributed by atoms with Crippen molar-refractivity contribution in [2.24, 2.45) is 4.99 Å². The predicted octanol–water partition coefficient (Wildman–Crippen LogP) is 4.14. The first-order chi connectivity index (χ1) is 15.9. The first-order valence-electron chi connectivity index (χ1n) is 10.7. The molecule has 1 aromatic heterocycles. The van der Waals surface area contributed by atoms with Crippen molar-refractivity contribution in [3.05, 3.63) is 52.8 Å². The van der Waals surface area contributed by atoms with Crippen LogP contribution in [0.1, 0.15) is 43.5 Å². The van der Waals surface area contributed by atoms with Crippen molar-refractivity contribution >= 4 is 45.0 Å². The normalized spacial score (nSPS) is 11.4. The van der Waals surface area contributed by atoms with E-state index < -0.39 is 11.9 Å². The van der Waals surface area contributed by atoms with Crippen LogP contribution in [0.3, 0.4) is 0 Å². The van der Waals surface area contributed by atoms with E-state index in [1.54, 1.807) is 41.0 Å². The average molecular weight is 470 g/mol. The second-order valence-electron chi connectivity index (χ2n) is 7.41. The molecule has 0 atom stereocenters. The number of thiazole rings is 1. The third-order valence-corrected chi connectivity index (χ3v) is 5.85. The highest BCUT2D eigenvalue weighted by Crippen LogP contribution is 2.22. The molecule has 1 heterocycles. The lowest BCUT2D eigenvalue weighted by atomic mass is 10.2. The van der Waals surface area contributed by atoms with Crippen LogP contribution in [0, 0.1) is 0 Å². The van der Waals surface area contributed by atoms with Crippen molar-refractivity contribution < 1.29 is 23.9 Å². The van der Waals surface area contributed by atoms with Gasteiger partial charge >= 0.3 is 5.97 Å². The van der Waals surface area contributed by atoms with Gasteiger partial charge in [0.25, 0.3) is 5.91 Å². The summed E-state index contributed by atoms with van der Waals surface area (Å²) in [4.78, 5) is 41.0. The van der Waals surface area contributed by atoms with Gasteiger partial charge in [-0.2, -0.15) is 4.99 Å². The van der Waals surface area contributed by atoms with Gasteiger partial charge < -0.3 is 19.4 Å². The highest BCUT2D eigenvalue weighted by Gasteiger charge is 2.14. The molecule has 0 saturated heterocycles. The van der Waals surface area contributed by atoms with Gasteiger partial charge in [-0.05, 0) is 42.8 Å². The summed E-state index contributed by atoms with van der Waals surface area (Å²) in [6.45, 7) is 4.05. The van der Waals surface area contributed by atoms with Crippen LogP contribution < -0.4 is 14.9 Å². The molecule has 0 saturated carbocycles. The largest absolute Gasteiger partial charge is 0.494 e. The molecule has 9 heteroatoms. The topological polar surface area (TPSA) is 99.0 Å². The number of hydrogen-bond acceptors (Lipinski definition) is 6. The molecule has 0 radical (unpaired) electrons. The maximum absolute atomic E-state index is 12.9. The number of methoxy groups -OCH3 is 1. The Labute approximate surface area is 195 Å². The van der Waals surface area contributed by atoms with Gasteiger partial charge in [0.2, 0.25) is 5.91 Å². The van der Waals surface area contributed by atoms with Crippen molar-refractivity contribution in [1.29, 1.82) is 0 Å². The quantitative estimate of drug-likeness (QED) is 0.375. The lowest BCUT2D eigenvalue weighted by Gasteiger charge is -2.06. The van der Waals surface area contributed by atoms with Crippen molar-refractivity contribution in [2.45, 2.75) is 39.7 Å². The van der Waals surface area contributed by atoms with E-state index in [-0.39, 0.29) is 12.5 Å². The Morgan fingerprint density at radius 1 is 1.12 bits per heavy atom. The molecule has 0 spiro atoms. The zero-order chi connectivity index (χ0) is 23.8. The Balaban J connectivity index is 1.96. The number of amides is 2. The fourth-order valence-electron chi connectivity index (χ4n) is 3.20. The molecule has 0 bridgehead atoms. The number of benzene rings is 2. The Morgan fingerprint density at radius 3 is 2.67 bits per heavy atom. The number of fused-ring (bicyclic) bond motifs is 1. The third kappa shape index (κ3) is 6.52. The SMILES string of the molecule is CCCCCOc1cccc(C(=O)N=c2sc3cc(NC(C)=O)ccc3n2CC(=O)OC)c1. The molecular formula is C24H27N3O5S. The number of nitrogens with one attached hydrogen (secondary N) is 1. The molecule has 8 nitrogen and oxygen atoms in total. The number of nitrogens with zero attached hydrogens (tertiary/aromatic N) is 2. The van der Waals surface area contributed by atoms with Gasteiger partial charge in [0.1, 0.15) is 12.3 Å². The van der Waals surface area contributed by atoms with Gasteiger partial charge in [-0.15, -0.1) is 0 Å². The summed E-state index contributed by atoms with van der Waals surface area (Å²) < 4.78 is 12.9. The number of esters is 1. The predicted molar refractivity (Wildman–Crippen MR) is 127 cm³/mol. The van der Waals surface area contributed by atoms with E-state index in [2.05, 4.69) is 17.2 Å². The van der Waals surface area contributed by atoms with Crippen LogP contribution in [0.15, 0.2) is 47.5 Å². The van der Waals surface area contributed by atoms with E-state index >= 15 is 0 Å². The summed E-state index contributed by atoms with van der Waals surface area (Å²) >= 11 is 1.25. The van der Waals surface area contributed by atoms with Crippen LogP contribution in [0.4, 0.5) is 5.69 Å². The Bertz CT molecular complexity index is 1230. The fraction of sp³-hybridized carbons (Fsp3) is 0.333. The van der Waals surface area contributed by atoms with Gasteiger partial charge in [0.15, 0.2) is 4.80 Å². The Kier molecular flexibility index (Phi) is 8.37. The molecule has 0 aliphatic carbocycles. The highest BCUT2D eigenvalue weighted by molar-refractivity contribution is 7.16. The summed E-state index contributed by atoms with van der Waals surface area (Å²) in [7, 11) is 1.31. The number of aromatic nitrogens is 1. The molecule has 0 aliphatic rings. The summed E-state index contributed by atoms with van der Waals surface area (Å²) in [6, 6.07) is 12.2. The highest BCUT2D eigenvalue weighted by atomic mass is 32.1. The molecule has 1 N–H and O–H groups in total. The van der Waals surface area contributed by atoms with Crippen LogP contribution in [-0.2, 0) is 20.9 Å². The average Bonchev–Trinajstić information content (AvgIpc) is 3.12. The molecule has 3 aromatic rings. The van der Waals surface area contributed by atoms with Crippen LogP contribution in [0.25, 0.3) is 10.2 Å². The summed E-state index contributed by atoms with van der Waals surface area (Å²) in [5, 5.41) is 2.73. The van der Waals surface area contributed by atoms with Crippen molar-refractivity contribution in [1.82, 2.24) is 4.57 Å². The number of hydrogen-bond donors (Lipinski definition) is 1. The van der Waals surface area contributed by atoms with Gasteiger partial charge in [0.05, 0.1) is 23.9 Å². The zero-order valence-corrected chi connectivity index (χ0v) is 19.7. The van der Waals surface area contributed by atoms with Crippen molar-refractivity contribution in [3.8, 4) is 5.75 Å². The Hall–Kier alpha value is -3.46. The minimum Gasteiger partial charge on any atom is -0.494 e. The molecule has 0 aliphatic heterocycles. The molecule has 174 valence electrons. The minimum atomic E-state index is -0.461. The number of unbranched alkanes of at least 4 members (excludes halogenated alkanes) is 2. The molecule has 0 unspecified atom stereocenters. The molecule has 33 heavy (non-hydrogen) atoms. The van der Waals surface area contributed by atoms with Gasteiger partial charge in [-0.3, -0.25) is 14.4 Å². The number of rotatable bonds is 9. The molecule has 3 rings (SSSR count). The van der Waals surface area contributed by atoms with Gasteiger partial charge in [0, 0.05) is 18.2 Å². The molecule has 2 aromatic carbocycles. The first-order valence-corrected chi connectivity index (χ1v) is 11.5. The lowest BCUT2D eigenvalue weighted by Crippen LogP contribution is -2.22. The standard InChI is InChI=1S/C24H27N3O5S/c1-4-5-6-12-32-19-9-7-8-17(13-19)23(30)26-24-27(15-22(29)31-3)20-11-10-18(25-16(2)28)14-21(20)33-24/h7-11,13-14H,4-6,12,15H2,1-3H3,(H,25,28). The maximum atomic E-state index is 12.9. The molecule has 0 fully saturated rings. The second kappa shape index (κ2) is 11.4. The van der Waals surface area contributed by atoms with E-state index in [4.69, 9.17) is 9.47 Å². The maximum Gasteiger partial charge on any atom is 0.325 e. The number of ether oxygens (including phenoxy) is 2. The third-order valence-electron chi connectivity index (χ3n) is 4.81. The van der Waals surface area contributed by atoms with E-state index in [0.717, 1.165) is 24.0 Å². The molecule has 2 amide bonds. The van der Waals surface area contributed by atoms with Crippen LogP contribution >= 0.6 is 11.3 Å². The van der Waals surface area contributed by atoms with Crippen LogP contribution in [0.5, 0.6) is 5.75 Å². The van der Waals surface area contributed by atoms with Crippen LogP contribution in [-0.4, -0.2) is 36.1 Å². The second-order valence-corrected chi connectivity index (χ2v) is 8.42. The van der Waals surface area contributed by atoms with Crippen LogP contribution in [0.2, 0.25) is 0 Å². The number of carbonyl (C=O) groups excluding carboxylic acids is 3. The monoisotopic (exact) mass is 469 g/mol.